The SMILES string of the molecule is CNC(=O)[C@@H]1CCCN1C(=O)NC[C@@H]1CC=CCC1. The molecule has 19 heavy (non-hydrogen) atoms. The van der Waals surface area contributed by atoms with E-state index in [2.05, 4.69) is 22.8 Å². The van der Waals surface area contributed by atoms with E-state index in [4.69, 9.17) is 0 Å². The minimum absolute atomic E-state index is 0.0618. The molecule has 0 aromatic carbocycles. The Hall–Kier alpha value is -1.52. The summed E-state index contributed by atoms with van der Waals surface area (Å²) >= 11 is 0. The van der Waals surface area contributed by atoms with Crippen LogP contribution in [0.15, 0.2) is 12.2 Å². The Kier molecular flexibility index (Phi) is 4.82. The van der Waals surface area contributed by atoms with Crippen LogP contribution in [0.5, 0.6) is 0 Å². The van der Waals surface area contributed by atoms with Crippen molar-refractivity contribution in [2.24, 2.45) is 5.92 Å². The number of urea groups is 1. The molecule has 0 unspecified atom stereocenters. The van der Waals surface area contributed by atoms with Crippen LogP contribution in [0.1, 0.15) is 32.1 Å². The second kappa shape index (κ2) is 6.59. The first kappa shape index (κ1) is 13.9. The minimum atomic E-state index is -0.295. The van der Waals surface area contributed by atoms with Crippen molar-refractivity contribution in [1.82, 2.24) is 15.5 Å². The van der Waals surface area contributed by atoms with Crippen LogP contribution in [-0.2, 0) is 4.79 Å². The van der Waals surface area contributed by atoms with Crippen LogP contribution in [0, 0.1) is 5.92 Å². The maximum Gasteiger partial charge on any atom is 0.318 e. The van der Waals surface area contributed by atoms with Gasteiger partial charge in [0.25, 0.3) is 0 Å². The normalized spacial score (nSPS) is 26.3. The van der Waals surface area contributed by atoms with E-state index in [0.717, 1.165) is 32.1 Å². The summed E-state index contributed by atoms with van der Waals surface area (Å²) in [6.07, 6.45) is 9.32. The molecule has 0 saturated carbocycles. The van der Waals surface area contributed by atoms with Crippen LogP contribution in [0.25, 0.3) is 0 Å². The zero-order valence-electron chi connectivity index (χ0n) is 11.5. The van der Waals surface area contributed by atoms with Crippen molar-refractivity contribution in [2.45, 2.75) is 38.1 Å². The lowest BCUT2D eigenvalue weighted by Gasteiger charge is -2.25. The van der Waals surface area contributed by atoms with Gasteiger partial charge in [-0.05, 0) is 38.0 Å². The van der Waals surface area contributed by atoms with Crippen LogP contribution in [-0.4, -0.2) is 43.0 Å². The molecule has 106 valence electrons. The Morgan fingerprint density at radius 3 is 2.84 bits per heavy atom. The third-order valence-electron chi connectivity index (χ3n) is 3.98. The molecule has 1 aliphatic carbocycles. The summed E-state index contributed by atoms with van der Waals surface area (Å²) in [5.74, 6) is 0.475. The number of nitrogens with one attached hydrogen (secondary N) is 2. The third kappa shape index (κ3) is 3.49. The lowest BCUT2D eigenvalue weighted by molar-refractivity contribution is -0.124. The highest BCUT2D eigenvalue weighted by atomic mass is 16.2. The van der Waals surface area contributed by atoms with E-state index in [1.807, 2.05) is 0 Å². The molecular formula is C14H23N3O2. The van der Waals surface area contributed by atoms with Crippen molar-refractivity contribution in [3.05, 3.63) is 12.2 Å². The van der Waals surface area contributed by atoms with Crippen molar-refractivity contribution in [1.29, 1.82) is 0 Å². The lowest BCUT2D eigenvalue weighted by Crippen LogP contribution is -2.49. The Balaban J connectivity index is 1.81. The Bertz CT molecular complexity index is 368. The summed E-state index contributed by atoms with van der Waals surface area (Å²) in [7, 11) is 1.62. The highest BCUT2D eigenvalue weighted by Gasteiger charge is 2.33. The predicted molar refractivity (Wildman–Crippen MR) is 73.7 cm³/mol. The highest BCUT2D eigenvalue weighted by Crippen LogP contribution is 2.19. The number of nitrogens with zero attached hydrogens (tertiary/aromatic N) is 1. The molecule has 1 saturated heterocycles. The van der Waals surface area contributed by atoms with Crippen LogP contribution < -0.4 is 10.6 Å². The van der Waals surface area contributed by atoms with E-state index in [1.54, 1.807) is 11.9 Å². The minimum Gasteiger partial charge on any atom is -0.357 e. The van der Waals surface area contributed by atoms with Crippen LogP contribution in [0.3, 0.4) is 0 Å². The van der Waals surface area contributed by atoms with E-state index in [0.29, 0.717) is 19.0 Å². The fourth-order valence-electron chi connectivity index (χ4n) is 2.82. The van der Waals surface area contributed by atoms with Crippen LogP contribution in [0.2, 0.25) is 0 Å². The fourth-order valence-corrected chi connectivity index (χ4v) is 2.82. The van der Waals surface area contributed by atoms with E-state index >= 15 is 0 Å². The first-order chi connectivity index (χ1) is 9.22. The van der Waals surface area contributed by atoms with Gasteiger partial charge < -0.3 is 15.5 Å². The average Bonchev–Trinajstić information content (AvgIpc) is 2.94. The van der Waals surface area contributed by atoms with Gasteiger partial charge in [0, 0.05) is 20.1 Å². The van der Waals surface area contributed by atoms with Crippen molar-refractivity contribution < 1.29 is 9.59 Å². The number of carbonyl (C=O) groups is 2. The van der Waals surface area contributed by atoms with Gasteiger partial charge in [0.05, 0.1) is 0 Å². The zero-order valence-corrected chi connectivity index (χ0v) is 11.5. The quantitative estimate of drug-likeness (QED) is 0.755. The molecule has 0 bridgehead atoms. The summed E-state index contributed by atoms with van der Waals surface area (Å²) in [5, 5.41) is 5.60. The van der Waals surface area contributed by atoms with E-state index in [1.165, 1.54) is 0 Å². The van der Waals surface area contributed by atoms with Crippen molar-refractivity contribution in [3.8, 4) is 0 Å². The number of carbonyl (C=O) groups excluding carboxylic acids is 2. The molecule has 1 aliphatic heterocycles. The topological polar surface area (TPSA) is 61.4 Å². The summed E-state index contributed by atoms with van der Waals surface area (Å²) in [4.78, 5) is 25.5. The van der Waals surface area contributed by atoms with Gasteiger partial charge in [-0.15, -0.1) is 0 Å². The number of hydrogen-bond donors (Lipinski definition) is 2. The summed E-state index contributed by atoms with van der Waals surface area (Å²) < 4.78 is 0. The monoisotopic (exact) mass is 265 g/mol. The summed E-state index contributed by atoms with van der Waals surface area (Å²) in [6, 6.07) is -0.392. The molecule has 0 radical (unpaired) electrons. The molecular weight excluding hydrogens is 242 g/mol. The smallest absolute Gasteiger partial charge is 0.318 e. The van der Waals surface area contributed by atoms with Gasteiger partial charge in [0.15, 0.2) is 0 Å². The summed E-state index contributed by atoms with van der Waals surface area (Å²) in [5.41, 5.74) is 0. The van der Waals surface area contributed by atoms with Gasteiger partial charge in [-0.25, -0.2) is 4.79 Å². The number of hydrogen-bond acceptors (Lipinski definition) is 2. The zero-order chi connectivity index (χ0) is 13.7. The van der Waals surface area contributed by atoms with Gasteiger partial charge in [-0.3, -0.25) is 4.79 Å². The molecule has 5 nitrogen and oxygen atoms in total. The standard InChI is InChI=1S/C14H23N3O2/c1-15-13(18)12-8-5-9-17(12)14(19)16-10-11-6-3-2-4-7-11/h2-3,11-12H,4-10H2,1H3,(H,15,18)(H,16,19)/t11-,12+/m1/s1. The molecule has 5 heteroatoms. The molecule has 2 atom stereocenters. The Morgan fingerprint density at radius 2 is 2.16 bits per heavy atom. The van der Waals surface area contributed by atoms with E-state index < -0.39 is 0 Å². The third-order valence-corrected chi connectivity index (χ3v) is 3.98. The number of allylic oxidation sites excluding steroid dienone is 2. The predicted octanol–water partition coefficient (Wildman–Crippen LogP) is 1.26. The molecule has 0 aromatic heterocycles. The molecule has 2 aliphatic rings. The van der Waals surface area contributed by atoms with E-state index in [9.17, 15) is 9.59 Å². The molecule has 1 heterocycles. The van der Waals surface area contributed by atoms with E-state index in [-0.39, 0.29) is 18.0 Å². The number of rotatable bonds is 3. The average molecular weight is 265 g/mol. The lowest BCUT2D eigenvalue weighted by atomic mass is 9.94. The fraction of sp³-hybridized carbons (Fsp3) is 0.714. The van der Waals surface area contributed by atoms with Gasteiger partial charge >= 0.3 is 6.03 Å². The first-order valence-electron chi connectivity index (χ1n) is 7.13. The Morgan fingerprint density at radius 1 is 1.32 bits per heavy atom. The maximum absolute atomic E-state index is 12.1. The van der Waals surface area contributed by atoms with Gasteiger partial charge in [0.2, 0.25) is 5.91 Å². The molecule has 0 spiro atoms. The number of likely N-dealkylation sites (tertiary alicyclic amines) is 1. The second-order valence-corrected chi connectivity index (χ2v) is 5.30. The van der Waals surface area contributed by atoms with Gasteiger partial charge in [-0.2, -0.15) is 0 Å². The maximum atomic E-state index is 12.1. The van der Waals surface area contributed by atoms with Crippen molar-refractivity contribution in [2.75, 3.05) is 20.1 Å². The second-order valence-electron chi connectivity index (χ2n) is 5.30. The molecule has 1 fully saturated rings. The first-order valence-corrected chi connectivity index (χ1v) is 7.13. The highest BCUT2D eigenvalue weighted by molar-refractivity contribution is 5.87. The number of amides is 3. The van der Waals surface area contributed by atoms with Crippen LogP contribution >= 0.6 is 0 Å². The number of likely N-dealkylation sites (N-methyl/N-ethyl adjacent to an activating group) is 1. The van der Waals surface area contributed by atoms with Gasteiger partial charge in [0.1, 0.15) is 6.04 Å². The summed E-state index contributed by atoms with van der Waals surface area (Å²) in [6.45, 7) is 1.38. The Labute approximate surface area is 114 Å². The molecule has 2 rings (SSSR count). The molecule has 2 N–H and O–H groups in total. The largest absolute Gasteiger partial charge is 0.357 e. The molecule has 0 aromatic rings. The van der Waals surface area contributed by atoms with Crippen molar-refractivity contribution >= 4 is 11.9 Å². The van der Waals surface area contributed by atoms with Crippen molar-refractivity contribution in [3.63, 3.8) is 0 Å². The molecule has 3 amide bonds. The van der Waals surface area contributed by atoms with Gasteiger partial charge in [-0.1, -0.05) is 12.2 Å². The van der Waals surface area contributed by atoms with Crippen LogP contribution in [0.4, 0.5) is 4.79 Å².